The molecule has 0 aliphatic heterocycles. The predicted molar refractivity (Wildman–Crippen MR) is 113 cm³/mol. The van der Waals surface area contributed by atoms with Crippen molar-refractivity contribution in [2.75, 3.05) is 26.4 Å². The zero-order valence-corrected chi connectivity index (χ0v) is 19.2. The number of hydrogen-bond acceptors (Lipinski definition) is 3. The van der Waals surface area contributed by atoms with E-state index < -0.39 is 10.8 Å². The summed E-state index contributed by atoms with van der Waals surface area (Å²) in [7, 11) is 2.93. The Morgan fingerprint density at radius 1 is 1.45 bits per heavy atom. The minimum Gasteiger partial charge on any atom is -0.355 e. The van der Waals surface area contributed by atoms with Gasteiger partial charge < -0.3 is 10.2 Å². The molecule has 1 heterocycles. The van der Waals surface area contributed by atoms with Gasteiger partial charge in [-0.3, -0.25) is 9.20 Å². The maximum atomic E-state index is 12.0. The Bertz CT molecular complexity index is 514. The van der Waals surface area contributed by atoms with Gasteiger partial charge in [-0.15, -0.1) is 35.3 Å². The lowest BCUT2D eigenvalue weighted by atomic mass is 10.3. The Hall–Kier alpha value is 0.330. The average molecular weight is 522 g/mol. The van der Waals surface area contributed by atoms with Crippen LogP contribution in [-0.2, 0) is 17.3 Å². The van der Waals surface area contributed by atoms with Crippen LogP contribution < -0.4 is 5.32 Å². The molecule has 128 valence electrons. The van der Waals surface area contributed by atoms with E-state index in [1.54, 1.807) is 18.4 Å². The predicted octanol–water partition coefficient (Wildman–Crippen LogP) is 3.68. The highest BCUT2D eigenvalue weighted by Gasteiger charge is 2.19. The third-order valence-corrected chi connectivity index (χ3v) is 6.40. The third-order valence-electron chi connectivity index (χ3n) is 2.85. The molecule has 1 N–H and O–H groups in total. The lowest BCUT2D eigenvalue weighted by Gasteiger charge is -2.22. The monoisotopic (exact) mass is 521 g/mol. The van der Waals surface area contributed by atoms with Gasteiger partial charge in [-0.05, 0) is 48.8 Å². The van der Waals surface area contributed by atoms with Gasteiger partial charge in [-0.2, -0.15) is 0 Å². The summed E-state index contributed by atoms with van der Waals surface area (Å²) in [5.74, 6) is 1.45. The van der Waals surface area contributed by atoms with Crippen molar-refractivity contribution < 1.29 is 4.21 Å². The van der Waals surface area contributed by atoms with Crippen molar-refractivity contribution >= 4 is 68.0 Å². The highest BCUT2D eigenvalue weighted by atomic mass is 127. The second kappa shape index (κ2) is 10.2. The molecule has 1 rings (SSSR count). The smallest absolute Gasteiger partial charge is 0.193 e. The second-order valence-electron chi connectivity index (χ2n) is 5.70. The summed E-state index contributed by atoms with van der Waals surface area (Å²) in [6, 6.07) is 4.16. The van der Waals surface area contributed by atoms with E-state index in [9.17, 15) is 4.21 Å². The van der Waals surface area contributed by atoms with E-state index in [4.69, 9.17) is 0 Å². The number of halogens is 2. The van der Waals surface area contributed by atoms with Crippen molar-refractivity contribution in [3.63, 3.8) is 0 Å². The molecular weight excluding hydrogens is 497 g/mol. The van der Waals surface area contributed by atoms with E-state index in [1.165, 1.54) is 4.88 Å². The summed E-state index contributed by atoms with van der Waals surface area (Å²) in [5.41, 5.74) is 0. The van der Waals surface area contributed by atoms with Gasteiger partial charge in [0.1, 0.15) is 0 Å². The van der Waals surface area contributed by atoms with Crippen LogP contribution >= 0.6 is 51.2 Å². The first-order valence-electron chi connectivity index (χ1n) is 6.78. The molecule has 0 aliphatic carbocycles. The minimum atomic E-state index is -0.844. The van der Waals surface area contributed by atoms with Crippen LogP contribution in [0.15, 0.2) is 20.9 Å². The fourth-order valence-corrected chi connectivity index (χ4v) is 4.13. The molecule has 1 aromatic rings. The van der Waals surface area contributed by atoms with Crippen molar-refractivity contribution in [3.05, 3.63) is 20.8 Å². The van der Waals surface area contributed by atoms with E-state index in [-0.39, 0.29) is 28.7 Å². The van der Waals surface area contributed by atoms with E-state index >= 15 is 0 Å². The van der Waals surface area contributed by atoms with E-state index in [2.05, 4.69) is 43.3 Å². The molecule has 0 amide bonds. The van der Waals surface area contributed by atoms with Crippen LogP contribution in [0.4, 0.5) is 0 Å². The summed E-state index contributed by atoms with van der Waals surface area (Å²) >= 11 is 5.19. The van der Waals surface area contributed by atoms with Gasteiger partial charge >= 0.3 is 0 Å². The zero-order chi connectivity index (χ0) is 16.0. The Morgan fingerprint density at radius 3 is 2.55 bits per heavy atom. The Kier molecular flexibility index (Phi) is 10.4. The summed E-state index contributed by atoms with van der Waals surface area (Å²) in [6.45, 7) is 7.46. The van der Waals surface area contributed by atoms with Crippen molar-refractivity contribution in [1.82, 2.24) is 10.2 Å². The molecule has 1 aromatic heterocycles. The highest BCUT2D eigenvalue weighted by molar-refractivity contribution is 14.0. The van der Waals surface area contributed by atoms with Crippen LogP contribution in [0, 0.1) is 0 Å². The van der Waals surface area contributed by atoms with Crippen molar-refractivity contribution in [2.45, 2.75) is 32.1 Å². The molecule has 1 atom stereocenters. The second-order valence-corrected chi connectivity index (χ2v) is 10.6. The van der Waals surface area contributed by atoms with Crippen molar-refractivity contribution in [1.29, 1.82) is 0 Å². The first kappa shape index (κ1) is 22.3. The Morgan fingerprint density at radius 2 is 2.09 bits per heavy atom. The van der Waals surface area contributed by atoms with E-state index in [0.717, 1.165) is 16.3 Å². The molecule has 1 unspecified atom stereocenters. The molecule has 0 saturated heterocycles. The Balaban J connectivity index is 0.00000441. The number of nitrogens with zero attached hydrogens (tertiary/aromatic N) is 2. The van der Waals surface area contributed by atoms with Crippen LogP contribution in [0.3, 0.4) is 0 Å². The van der Waals surface area contributed by atoms with E-state index in [1.807, 2.05) is 27.8 Å². The quantitative estimate of drug-likeness (QED) is 0.365. The molecule has 0 radical (unpaired) electrons. The molecule has 0 aromatic carbocycles. The van der Waals surface area contributed by atoms with Gasteiger partial charge in [0.25, 0.3) is 0 Å². The molecular formula is C14H25BrIN3OS2. The number of rotatable bonds is 5. The van der Waals surface area contributed by atoms with Gasteiger partial charge in [0.05, 0.1) is 10.3 Å². The lowest BCUT2D eigenvalue weighted by Crippen LogP contribution is -2.41. The van der Waals surface area contributed by atoms with Crippen LogP contribution in [0.1, 0.15) is 25.6 Å². The fourth-order valence-electron chi connectivity index (χ4n) is 1.69. The van der Waals surface area contributed by atoms with Crippen LogP contribution in [0.25, 0.3) is 0 Å². The lowest BCUT2D eigenvalue weighted by molar-refractivity contribution is 0.483. The first-order chi connectivity index (χ1) is 9.74. The number of hydrogen-bond donors (Lipinski definition) is 1. The van der Waals surface area contributed by atoms with Gasteiger partial charge in [-0.25, -0.2) is 0 Å². The largest absolute Gasteiger partial charge is 0.355 e. The first-order valence-corrected chi connectivity index (χ1v) is 9.71. The van der Waals surface area contributed by atoms with Crippen molar-refractivity contribution in [3.8, 4) is 0 Å². The molecule has 0 bridgehead atoms. The molecule has 0 fully saturated rings. The molecule has 0 spiro atoms. The van der Waals surface area contributed by atoms with E-state index in [0.29, 0.717) is 12.3 Å². The minimum absolute atomic E-state index is 0. The summed E-state index contributed by atoms with van der Waals surface area (Å²) in [4.78, 5) is 7.61. The molecule has 4 nitrogen and oxygen atoms in total. The van der Waals surface area contributed by atoms with Crippen LogP contribution in [0.5, 0.6) is 0 Å². The molecule has 22 heavy (non-hydrogen) atoms. The molecule has 0 aliphatic rings. The van der Waals surface area contributed by atoms with Gasteiger partial charge in [0.15, 0.2) is 5.96 Å². The maximum absolute atomic E-state index is 12.0. The fraction of sp³-hybridized carbons (Fsp3) is 0.643. The zero-order valence-electron chi connectivity index (χ0n) is 13.7. The third kappa shape index (κ3) is 7.74. The Labute approximate surface area is 165 Å². The maximum Gasteiger partial charge on any atom is 0.193 e. The van der Waals surface area contributed by atoms with Crippen LogP contribution in [0.2, 0.25) is 0 Å². The van der Waals surface area contributed by atoms with Gasteiger partial charge in [0.2, 0.25) is 0 Å². The number of guanidine groups is 1. The highest BCUT2D eigenvalue weighted by Crippen LogP contribution is 2.22. The SMILES string of the molecule is CN=C(NCCS(=O)C(C)(C)C)N(C)Cc1ccc(Br)s1.I. The van der Waals surface area contributed by atoms with Gasteiger partial charge in [0, 0.05) is 46.8 Å². The standard InChI is InChI=1S/C14H24BrN3OS2.HI/c1-14(2,3)21(19)9-8-17-13(16-4)18(5)10-11-6-7-12(15)20-11;/h6-7H,8-10H2,1-5H3,(H,16,17);1H. The summed E-state index contributed by atoms with van der Waals surface area (Å²) in [6.07, 6.45) is 0. The van der Waals surface area contributed by atoms with Crippen LogP contribution in [-0.4, -0.2) is 46.2 Å². The molecule has 0 saturated carbocycles. The summed E-state index contributed by atoms with van der Waals surface area (Å²) < 4.78 is 13.0. The average Bonchev–Trinajstić information content (AvgIpc) is 2.78. The molecule has 8 heteroatoms. The number of nitrogens with one attached hydrogen (secondary N) is 1. The number of thiophene rings is 1. The topological polar surface area (TPSA) is 44.7 Å². The van der Waals surface area contributed by atoms with Gasteiger partial charge in [-0.1, -0.05) is 0 Å². The summed E-state index contributed by atoms with van der Waals surface area (Å²) in [5, 5.41) is 3.28. The number of aliphatic imine (C=N–C) groups is 1. The normalized spacial score (nSPS) is 13.5. The van der Waals surface area contributed by atoms with Crippen molar-refractivity contribution in [2.24, 2.45) is 4.99 Å².